The lowest BCUT2D eigenvalue weighted by Crippen LogP contribution is -1.84. The standard InChI is InChI=1S/C13H11N3O/c14-9-3-1-8(2-4-9)13-11-7-10(17)5-6-12(11)15-16-13/h1-7,17H,14H2,(H,15,16). The van der Waals surface area contributed by atoms with E-state index in [4.69, 9.17) is 5.73 Å². The highest BCUT2D eigenvalue weighted by atomic mass is 16.3. The molecule has 1 aromatic heterocycles. The van der Waals surface area contributed by atoms with Crippen LogP contribution in [0.1, 0.15) is 0 Å². The molecule has 84 valence electrons. The largest absolute Gasteiger partial charge is 0.508 e. The first-order valence-electron chi connectivity index (χ1n) is 5.27. The Labute approximate surface area is 97.7 Å². The van der Waals surface area contributed by atoms with Crippen LogP contribution in [-0.2, 0) is 0 Å². The molecule has 0 bridgehead atoms. The maximum Gasteiger partial charge on any atom is 0.116 e. The third-order valence-electron chi connectivity index (χ3n) is 2.73. The molecule has 0 aliphatic carbocycles. The van der Waals surface area contributed by atoms with Crippen LogP contribution in [0.5, 0.6) is 5.75 Å². The van der Waals surface area contributed by atoms with Gasteiger partial charge < -0.3 is 10.8 Å². The predicted octanol–water partition coefficient (Wildman–Crippen LogP) is 2.52. The van der Waals surface area contributed by atoms with Crippen LogP contribution < -0.4 is 5.73 Å². The topological polar surface area (TPSA) is 74.9 Å². The molecule has 0 unspecified atom stereocenters. The molecule has 0 aliphatic rings. The number of phenolic OH excluding ortho intramolecular Hbond substituents is 1. The van der Waals surface area contributed by atoms with E-state index < -0.39 is 0 Å². The Morgan fingerprint density at radius 2 is 1.82 bits per heavy atom. The first-order chi connectivity index (χ1) is 8.24. The summed E-state index contributed by atoms with van der Waals surface area (Å²) in [4.78, 5) is 0. The second kappa shape index (κ2) is 3.52. The summed E-state index contributed by atoms with van der Waals surface area (Å²) in [5, 5.41) is 17.6. The zero-order valence-electron chi connectivity index (χ0n) is 9.01. The number of aromatic hydroxyl groups is 1. The van der Waals surface area contributed by atoms with Crippen LogP contribution in [-0.4, -0.2) is 15.3 Å². The minimum Gasteiger partial charge on any atom is -0.508 e. The molecule has 0 fully saturated rings. The Morgan fingerprint density at radius 3 is 2.59 bits per heavy atom. The van der Waals surface area contributed by atoms with E-state index in [0.29, 0.717) is 0 Å². The number of hydrogen-bond acceptors (Lipinski definition) is 3. The number of nitrogens with two attached hydrogens (primary N) is 1. The monoisotopic (exact) mass is 225 g/mol. The quantitative estimate of drug-likeness (QED) is 0.557. The molecule has 0 aliphatic heterocycles. The molecule has 1 heterocycles. The number of aromatic nitrogens is 2. The number of aromatic amines is 1. The van der Waals surface area contributed by atoms with Gasteiger partial charge in [0.1, 0.15) is 11.4 Å². The predicted molar refractivity (Wildman–Crippen MR) is 67.6 cm³/mol. The summed E-state index contributed by atoms with van der Waals surface area (Å²) in [7, 11) is 0. The van der Waals surface area contributed by atoms with Gasteiger partial charge in [0.2, 0.25) is 0 Å². The summed E-state index contributed by atoms with van der Waals surface area (Å²) in [5.41, 5.74) is 9.05. The number of anilines is 1. The van der Waals surface area contributed by atoms with Crippen molar-refractivity contribution in [3.8, 4) is 17.0 Å². The third-order valence-corrected chi connectivity index (χ3v) is 2.73. The van der Waals surface area contributed by atoms with Gasteiger partial charge in [0.15, 0.2) is 0 Å². The fourth-order valence-corrected chi connectivity index (χ4v) is 1.86. The van der Waals surface area contributed by atoms with E-state index in [1.807, 2.05) is 24.3 Å². The van der Waals surface area contributed by atoms with Crippen molar-refractivity contribution < 1.29 is 5.11 Å². The number of nitrogens with zero attached hydrogens (tertiary/aromatic N) is 1. The average molecular weight is 225 g/mol. The van der Waals surface area contributed by atoms with E-state index in [9.17, 15) is 5.11 Å². The Balaban J connectivity index is 2.23. The lowest BCUT2D eigenvalue weighted by Gasteiger charge is -1.99. The maximum absolute atomic E-state index is 9.50. The van der Waals surface area contributed by atoms with Gasteiger partial charge in [-0.1, -0.05) is 12.1 Å². The van der Waals surface area contributed by atoms with E-state index in [0.717, 1.165) is 27.8 Å². The highest BCUT2D eigenvalue weighted by molar-refractivity contribution is 5.93. The van der Waals surface area contributed by atoms with Gasteiger partial charge in [0.05, 0.1) is 5.52 Å². The smallest absolute Gasteiger partial charge is 0.116 e. The van der Waals surface area contributed by atoms with E-state index in [-0.39, 0.29) is 5.75 Å². The van der Waals surface area contributed by atoms with Crippen molar-refractivity contribution in [2.75, 3.05) is 5.73 Å². The Bertz CT molecular complexity index is 671. The zero-order chi connectivity index (χ0) is 11.8. The molecule has 3 rings (SSSR count). The Hall–Kier alpha value is -2.49. The molecule has 4 N–H and O–H groups in total. The van der Waals surface area contributed by atoms with E-state index >= 15 is 0 Å². The summed E-state index contributed by atoms with van der Waals surface area (Å²) in [6.07, 6.45) is 0. The lowest BCUT2D eigenvalue weighted by atomic mass is 10.1. The number of fused-ring (bicyclic) bond motifs is 1. The van der Waals surface area contributed by atoms with Crippen LogP contribution in [0.2, 0.25) is 0 Å². The van der Waals surface area contributed by atoms with Gasteiger partial charge in [-0.15, -0.1) is 0 Å². The van der Waals surface area contributed by atoms with Crippen molar-refractivity contribution in [3.63, 3.8) is 0 Å². The van der Waals surface area contributed by atoms with Crippen molar-refractivity contribution in [2.24, 2.45) is 0 Å². The third kappa shape index (κ3) is 1.59. The van der Waals surface area contributed by atoms with Crippen molar-refractivity contribution >= 4 is 16.6 Å². The number of benzene rings is 2. The molecule has 0 saturated heterocycles. The summed E-state index contributed by atoms with van der Waals surface area (Å²) < 4.78 is 0. The van der Waals surface area contributed by atoms with E-state index in [1.54, 1.807) is 18.2 Å². The average Bonchev–Trinajstić information content (AvgIpc) is 2.73. The highest BCUT2D eigenvalue weighted by Gasteiger charge is 2.08. The second-order valence-corrected chi connectivity index (χ2v) is 3.92. The summed E-state index contributed by atoms with van der Waals surface area (Å²) in [6, 6.07) is 12.6. The fourth-order valence-electron chi connectivity index (χ4n) is 1.86. The Kier molecular flexibility index (Phi) is 2.01. The van der Waals surface area contributed by atoms with Gasteiger partial charge in [0, 0.05) is 16.6 Å². The van der Waals surface area contributed by atoms with Crippen molar-refractivity contribution in [2.45, 2.75) is 0 Å². The second-order valence-electron chi connectivity index (χ2n) is 3.92. The van der Waals surface area contributed by atoms with Crippen LogP contribution >= 0.6 is 0 Å². The molecular formula is C13H11N3O. The first-order valence-corrected chi connectivity index (χ1v) is 5.27. The van der Waals surface area contributed by atoms with Crippen LogP contribution in [0.4, 0.5) is 5.69 Å². The molecule has 4 heteroatoms. The highest BCUT2D eigenvalue weighted by Crippen LogP contribution is 2.29. The minimum absolute atomic E-state index is 0.232. The van der Waals surface area contributed by atoms with Crippen molar-refractivity contribution in [3.05, 3.63) is 42.5 Å². The van der Waals surface area contributed by atoms with E-state index in [1.165, 1.54) is 0 Å². The number of rotatable bonds is 1. The number of nitrogens with one attached hydrogen (secondary N) is 1. The minimum atomic E-state index is 0.232. The van der Waals surface area contributed by atoms with Gasteiger partial charge in [-0.3, -0.25) is 5.10 Å². The number of phenols is 1. The zero-order valence-corrected chi connectivity index (χ0v) is 9.01. The number of hydrogen-bond donors (Lipinski definition) is 3. The molecule has 0 radical (unpaired) electrons. The molecule has 0 spiro atoms. The SMILES string of the molecule is Nc1ccc(-c2n[nH]c3ccc(O)cc23)cc1. The molecule has 4 nitrogen and oxygen atoms in total. The van der Waals surface area contributed by atoms with Gasteiger partial charge in [0.25, 0.3) is 0 Å². The van der Waals surface area contributed by atoms with Gasteiger partial charge >= 0.3 is 0 Å². The summed E-state index contributed by atoms with van der Waals surface area (Å²) in [6.45, 7) is 0. The molecule has 3 aromatic rings. The lowest BCUT2D eigenvalue weighted by molar-refractivity contribution is 0.476. The van der Waals surface area contributed by atoms with Crippen LogP contribution in [0.15, 0.2) is 42.5 Å². The summed E-state index contributed by atoms with van der Waals surface area (Å²) >= 11 is 0. The molecule has 0 amide bonds. The normalized spacial score (nSPS) is 10.8. The molecule has 0 saturated carbocycles. The van der Waals surface area contributed by atoms with Gasteiger partial charge in [-0.2, -0.15) is 5.10 Å². The Morgan fingerprint density at radius 1 is 1.06 bits per heavy atom. The molecule has 2 aromatic carbocycles. The number of H-pyrrole nitrogens is 1. The van der Waals surface area contributed by atoms with Gasteiger partial charge in [-0.05, 0) is 30.3 Å². The molecular weight excluding hydrogens is 214 g/mol. The van der Waals surface area contributed by atoms with Crippen molar-refractivity contribution in [1.29, 1.82) is 0 Å². The van der Waals surface area contributed by atoms with Crippen LogP contribution in [0.3, 0.4) is 0 Å². The van der Waals surface area contributed by atoms with Crippen molar-refractivity contribution in [1.82, 2.24) is 10.2 Å². The van der Waals surface area contributed by atoms with Gasteiger partial charge in [-0.25, -0.2) is 0 Å². The fraction of sp³-hybridized carbons (Fsp3) is 0. The molecule has 17 heavy (non-hydrogen) atoms. The van der Waals surface area contributed by atoms with Crippen LogP contribution in [0, 0.1) is 0 Å². The van der Waals surface area contributed by atoms with E-state index in [2.05, 4.69) is 10.2 Å². The maximum atomic E-state index is 9.50. The summed E-state index contributed by atoms with van der Waals surface area (Å²) in [5.74, 6) is 0.232. The first kappa shape index (κ1) is 9.72. The molecule has 0 atom stereocenters. The number of nitrogen functional groups attached to an aromatic ring is 1. The van der Waals surface area contributed by atoms with Crippen LogP contribution in [0.25, 0.3) is 22.2 Å².